The first-order chi connectivity index (χ1) is 7.15. The van der Waals surface area contributed by atoms with Gasteiger partial charge >= 0.3 is 0 Å². The number of thiophene rings is 1. The van der Waals surface area contributed by atoms with Crippen LogP contribution >= 0.6 is 23.6 Å². The van der Waals surface area contributed by atoms with Gasteiger partial charge in [-0.1, -0.05) is 26.1 Å². The Bertz CT molecular complexity index is 320. The van der Waals surface area contributed by atoms with Crippen molar-refractivity contribution in [1.29, 1.82) is 0 Å². The van der Waals surface area contributed by atoms with Gasteiger partial charge < -0.3 is 5.73 Å². The Balaban J connectivity index is 2.54. The summed E-state index contributed by atoms with van der Waals surface area (Å²) < 4.78 is 0. The molecule has 0 saturated carbocycles. The minimum Gasteiger partial charge on any atom is -0.392 e. The molecule has 1 heterocycles. The molecule has 2 nitrogen and oxygen atoms in total. The van der Waals surface area contributed by atoms with Crippen LogP contribution in [0.25, 0.3) is 0 Å². The highest BCUT2D eigenvalue weighted by atomic mass is 32.1. The Morgan fingerprint density at radius 1 is 1.40 bits per heavy atom. The highest BCUT2D eigenvalue weighted by molar-refractivity contribution is 7.80. The molecule has 4 heteroatoms. The predicted octanol–water partition coefficient (Wildman–Crippen LogP) is 2.42. The number of rotatable bonds is 6. The number of likely N-dealkylation sites (N-methyl/N-ethyl adjacent to an activating group) is 1. The van der Waals surface area contributed by atoms with Crippen molar-refractivity contribution in [2.24, 2.45) is 5.73 Å². The lowest BCUT2D eigenvalue weighted by Crippen LogP contribution is -2.31. The Hall–Kier alpha value is -0.450. The van der Waals surface area contributed by atoms with Gasteiger partial charge in [-0.25, -0.2) is 0 Å². The third-order valence-corrected chi connectivity index (χ3v) is 3.62. The van der Waals surface area contributed by atoms with E-state index in [1.165, 1.54) is 9.75 Å². The Morgan fingerprint density at radius 2 is 2.07 bits per heavy atom. The standard InChI is InChI=1S/C11H18N2S2/c1-3-9-5-6-10(15-9)7-13(4-2)8-11(12)14/h5-6H,3-4,7-8H2,1-2H3,(H2,12,14). The van der Waals surface area contributed by atoms with E-state index in [0.717, 1.165) is 19.5 Å². The lowest BCUT2D eigenvalue weighted by molar-refractivity contribution is 0.324. The molecule has 0 aromatic carbocycles. The monoisotopic (exact) mass is 242 g/mol. The van der Waals surface area contributed by atoms with Crippen molar-refractivity contribution in [3.63, 3.8) is 0 Å². The van der Waals surface area contributed by atoms with Crippen molar-refractivity contribution in [1.82, 2.24) is 4.90 Å². The zero-order valence-corrected chi connectivity index (χ0v) is 11.0. The summed E-state index contributed by atoms with van der Waals surface area (Å²) in [6, 6.07) is 4.40. The molecule has 0 amide bonds. The second kappa shape index (κ2) is 6.20. The van der Waals surface area contributed by atoms with Crippen molar-refractivity contribution in [2.45, 2.75) is 26.8 Å². The average molecular weight is 242 g/mol. The van der Waals surface area contributed by atoms with Crippen LogP contribution in [0, 0.1) is 0 Å². The second-order valence-corrected chi connectivity index (χ2v) is 5.27. The average Bonchev–Trinajstić information content (AvgIpc) is 2.64. The van der Waals surface area contributed by atoms with Gasteiger partial charge in [-0.3, -0.25) is 4.90 Å². The van der Waals surface area contributed by atoms with Crippen molar-refractivity contribution < 1.29 is 0 Å². The van der Waals surface area contributed by atoms with Crippen molar-refractivity contribution in [3.8, 4) is 0 Å². The summed E-state index contributed by atoms with van der Waals surface area (Å²) in [5.74, 6) is 0. The number of thiocarbonyl (C=S) groups is 1. The topological polar surface area (TPSA) is 29.3 Å². The van der Waals surface area contributed by atoms with Crippen LogP contribution in [0.15, 0.2) is 12.1 Å². The fourth-order valence-electron chi connectivity index (χ4n) is 1.42. The molecule has 0 spiro atoms. The number of hydrogen-bond donors (Lipinski definition) is 1. The molecule has 0 atom stereocenters. The zero-order chi connectivity index (χ0) is 11.3. The predicted molar refractivity (Wildman–Crippen MR) is 71.4 cm³/mol. The van der Waals surface area contributed by atoms with Crippen LogP contribution in [0.1, 0.15) is 23.6 Å². The molecule has 15 heavy (non-hydrogen) atoms. The van der Waals surface area contributed by atoms with Crippen molar-refractivity contribution in [2.75, 3.05) is 13.1 Å². The molecule has 0 aliphatic rings. The molecule has 0 bridgehead atoms. The molecule has 1 aromatic heterocycles. The van der Waals surface area contributed by atoms with Gasteiger partial charge in [0.05, 0.1) is 4.99 Å². The molecule has 84 valence electrons. The summed E-state index contributed by atoms with van der Waals surface area (Å²) in [4.78, 5) is 5.67. The minimum absolute atomic E-state index is 0.573. The van der Waals surface area contributed by atoms with E-state index in [-0.39, 0.29) is 0 Å². The summed E-state index contributed by atoms with van der Waals surface area (Å²) in [6.45, 7) is 6.97. The first kappa shape index (κ1) is 12.6. The third-order valence-electron chi connectivity index (χ3n) is 2.27. The Labute approximate surface area is 101 Å². The number of hydrogen-bond acceptors (Lipinski definition) is 3. The summed E-state index contributed by atoms with van der Waals surface area (Å²) >= 11 is 6.80. The van der Waals surface area contributed by atoms with Gasteiger partial charge in [0.15, 0.2) is 0 Å². The molecular weight excluding hydrogens is 224 g/mol. The van der Waals surface area contributed by atoms with Crippen LogP contribution in [0.5, 0.6) is 0 Å². The first-order valence-electron chi connectivity index (χ1n) is 5.24. The van der Waals surface area contributed by atoms with E-state index in [2.05, 4.69) is 30.9 Å². The largest absolute Gasteiger partial charge is 0.392 e. The van der Waals surface area contributed by atoms with E-state index in [1.54, 1.807) is 0 Å². The van der Waals surface area contributed by atoms with Gasteiger partial charge in [0.2, 0.25) is 0 Å². The lowest BCUT2D eigenvalue weighted by atomic mass is 10.3. The summed E-state index contributed by atoms with van der Waals surface area (Å²) in [5.41, 5.74) is 5.55. The van der Waals surface area contributed by atoms with Crippen LogP contribution in [-0.2, 0) is 13.0 Å². The molecule has 0 radical (unpaired) electrons. The van der Waals surface area contributed by atoms with Gasteiger partial charge in [-0.15, -0.1) is 11.3 Å². The van der Waals surface area contributed by atoms with Gasteiger partial charge in [-0.05, 0) is 25.1 Å². The highest BCUT2D eigenvalue weighted by Crippen LogP contribution is 2.18. The van der Waals surface area contributed by atoms with E-state index in [9.17, 15) is 0 Å². The van der Waals surface area contributed by atoms with E-state index in [4.69, 9.17) is 18.0 Å². The number of nitrogens with zero attached hydrogens (tertiary/aromatic N) is 1. The molecule has 0 saturated heterocycles. The SMILES string of the molecule is CCc1ccc(CN(CC)CC(N)=S)s1. The van der Waals surface area contributed by atoms with Crippen LogP contribution in [0.3, 0.4) is 0 Å². The van der Waals surface area contributed by atoms with E-state index < -0.39 is 0 Å². The fraction of sp³-hybridized carbons (Fsp3) is 0.545. The van der Waals surface area contributed by atoms with Gasteiger partial charge in [-0.2, -0.15) is 0 Å². The highest BCUT2D eigenvalue weighted by Gasteiger charge is 2.06. The quantitative estimate of drug-likeness (QED) is 0.777. The second-order valence-electron chi connectivity index (χ2n) is 3.49. The molecular formula is C11H18N2S2. The van der Waals surface area contributed by atoms with Crippen molar-refractivity contribution >= 4 is 28.5 Å². The van der Waals surface area contributed by atoms with Gasteiger partial charge in [0.1, 0.15) is 0 Å². The van der Waals surface area contributed by atoms with Crippen LogP contribution in [-0.4, -0.2) is 23.0 Å². The lowest BCUT2D eigenvalue weighted by Gasteiger charge is -2.18. The van der Waals surface area contributed by atoms with E-state index >= 15 is 0 Å². The maximum atomic E-state index is 5.55. The Kier molecular flexibility index (Phi) is 5.22. The van der Waals surface area contributed by atoms with Crippen LogP contribution in [0.2, 0.25) is 0 Å². The summed E-state index contributed by atoms with van der Waals surface area (Å²) in [6.07, 6.45) is 1.12. The first-order valence-corrected chi connectivity index (χ1v) is 6.46. The fourth-order valence-corrected chi connectivity index (χ4v) is 2.60. The maximum absolute atomic E-state index is 5.55. The molecule has 1 rings (SSSR count). The van der Waals surface area contributed by atoms with Gasteiger partial charge in [0.25, 0.3) is 0 Å². The van der Waals surface area contributed by atoms with Crippen molar-refractivity contribution in [3.05, 3.63) is 21.9 Å². The molecule has 1 aromatic rings. The molecule has 0 aliphatic heterocycles. The Morgan fingerprint density at radius 3 is 2.53 bits per heavy atom. The normalized spacial score (nSPS) is 10.9. The molecule has 2 N–H and O–H groups in total. The molecule has 0 fully saturated rings. The molecule has 0 aliphatic carbocycles. The van der Waals surface area contributed by atoms with Crippen LogP contribution < -0.4 is 5.73 Å². The van der Waals surface area contributed by atoms with E-state index in [1.807, 2.05) is 11.3 Å². The third kappa shape index (κ3) is 4.28. The summed E-state index contributed by atoms with van der Waals surface area (Å²) in [7, 11) is 0. The van der Waals surface area contributed by atoms with Gasteiger partial charge in [0, 0.05) is 22.8 Å². The number of aryl methyl sites for hydroxylation is 1. The minimum atomic E-state index is 0.573. The van der Waals surface area contributed by atoms with Crippen LogP contribution in [0.4, 0.5) is 0 Å². The number of nitrogens with two attached hydrogens (primary N) is 1. The maximum Gasteiger partial charge on any atom is 0.0870 e. The molecule has 0 unspecified atom stereocenters. The zero-order valence-electron chi connectivity index (χ0n) is 9.32. The smallest absolute Gasteiger partial charge is 0.0870 e. The van der Waals surface area contributed by atoms with E-state index in [0.29, 0.717) is 11.5 Å². The summed E-state index contributed by atoms with van der Waals surface area (Å²) in [5, 5.41) is 0.